The van der Waals surface area contributed by atoms with E-state index in [-0.39, 0.29) is 0 Å². The lowest BCUT2D eigenvalue weighted by atomic mass is 10.3. The Balaban J connectivity index is 1.97. The molecule has 0 aromatic carbocycles. The van der Waals surface area contributed by atoms with Crippen molar-refractivity contribution in [2.45, 2.75) is 0 Å². The minimum atomic E-state index is -0.912. The van der Waals surface area contributed by atoms with Crippen LogP contribution >= 0.6 is 22.7 Å². The molecule has 0 fully saturated rings. The highest BCUT2D eigenvalue weighted by Crippen LogP contribution is 2.32. The highest BCUT2D eigenvalue weighted by Gasteiger charge is 2.13. The van der Waals surface area contributed by atoms with Crippen molar-refractivity contribution in [2.24, 2.45) is 7.05 Å². The van der Waals surface area contributed by atoms with Gasteiger partial charge in [0, 0.05) is 24.0 Å². The summed E-state index contributed by atoms with van der Waals surface area (Å²) >= 11 is 2.91. The molecule has 0 atom stereocenters. The van der Waals surface area contributed by atoms with E-state index in [4.69, 9.17) is 5.11 Å². The van der Waals surface area contributed by atoms with Gasteiger partial charge in [0.2, 0.25) is 0 Å². The molecular weight excluding hydrogens is 282 g/mol. The molecule has 96 valence electrons. The second kappa shape index (κ2) is 4.60. The maximum atomic E-state index is 10.9. The molecule has 0 radical (unpaired) electrons. The Bertz CT molecular complexity index is 742. The molecule has 7 heteroatoms. The van der Waals surface area contributed by atoms with Crippen LogP contribution in [-0.2, 0) is 7.05 Å². The van der Waals surface area contributed by atoms with Crippen LogP contribution in [0.3, 0.4) is 0 Å². The van der Waals surface area contributed by atoms with E-state index in [0.717, 1.165) is 21.3 Å². The molecule has 3 aromatic rings. The van der Waals surface area contributed by atoms with E-state index >= 15 is 0 Å². The summed E-state index contributed by atoms with van der Waals surface area (Å²) in [6.07, 6.45) is 1.73. The van der Waals surface area contributed by atoms with Crippen LogP contribution in [0.2, 0.25) is 0 Å². The summed E-state index contributed by atoms with van der Waals surface area (Å²) in [5.74, 6) is -0.912. The predicted molar refractivity (Wildman–Crippen MR) is 74.6 cm³/mol. The predicted octanol–water partition coefficient (Wildman–Crippen LogP) is 2.97. The number of aromatic nitrogens is 3. The van der Waals surface area contributed by atoms with E-state index in [0.29, 0.717) is 5.56 Å². The molecule has 0 spiro atoms. The molecule has 0 unspecified atom stereocenters. The number of carboxylic acids is 1. The van der Waals surface area contributed by atoms with Gasteiger partial charge in [0.25, 0.3) is 0 Å². The summed E-state index contributed by atoms with van der Waals surface area (Å²) in [5, 5.41) is 17.5. The van der Waals surface area contributed by atoms with E-state index in [9.17, 15) is 4.79 Å². The van der Waals surface area contributed by atoms with Gasteiger partial charge >= 0.3 is 5.97 Å². The lowest BCUT2D eigenvalue weighted by Crippen LogP contribution is -1.92. The van der Waals surface area contributed by atoms with Gasteiger partial charge in [-0.15, -0.1) is 22.7 Å². The third-order valence-electron chi connectivity index (χ3n) is 2.64. The molecule has 0 saturated heterocycles. The van der Waals surface area contributed by atoms with Crippen LogP contribution in [0, 0.1) is 0 Å². The van der Waals surface area contributed by atoms with E-state index in [1.165, 1.54) is 22.7 Å². The number of aromatic carboxylic acids is 1. The smallest absolute Gasteiger partial charge is 0.336 e. The number of rotatable bonds is 3. The Morgan fingerprint density at radius 1 is 1.37 bits per heavy atom. The van der Waals surface area contributed by atoms with Crippen LogP contribution < -0.4 is 0 Å². The summed E-state index contributed by atoms with van der Waals surface area (Å²) in [4.78, 5) is 16.3. The van der Waals surface area contributed by atoms with Crippen molar-refractivity contribution >= 4 is 28.6 Å². The highest BCUT2D eigenvalue weighted by molar-refractivity contribution is 7.15. The maximum absolute atomic E-state index is 10.9. The number of aryl methyl sites for hydroxylation is 1. The van der Waals surface area contributed by atoms with E-state index in [1.54, 1.807) is 22.3 Å². The molecule has 0 aliphatic carbocycles. The Hall–Kier alpha value is -1.99. The fraction of sp³-hybridized carbons (Fsp3) is 0.0833. The number of thiazole rings is 1. The van der Waals surface area contributed by atoms with E-state index < -0.39 is 5.97 Å². The molecule has 5 nitrogen and oxygen atoms in total. The van der Waals surface area contributed by atoms with Crippen LogP contribution in [-0.4, -0.2) is 25.8 Å². The average molecular weight is 291 g/mol. The summed E-state index contributed by atoms with van der Waals surface area (Å²) < 4.78 is 1.76. The number of carboxylic acid groups (broad SMARTS) is 1. The SMILES string of the molecule is Cn1nccc1-c1nc(-c2cc(C(=O)O)cs2)cs1. The van der Waals surface area contributed by atoms with E-state index in [1.807, 2.05) is 18.5 Å². The van der Waals surface area contributed by atoms with Gasteiger partial charge in [-0.2, -0.15) is 5.10 Å². The molecule has 3 aromatic heterocycles. The van der Waals surface area contributed by atoms with Crippen LogP contribution in [0.4, 0.5) is 0 Å². The second-order valence-corrected chi connectivity index (χ2v) is 5.65. The molecule has 0 aliphatic heterocycles. The zero-order valence-corrected chi connectivity index (χ0v) is 11.5. The Morgan fingerprint density at radius 3 is 2.84 bits per heavy atom. The first kappa shape index (κ1) is 12.1. The van der Waals surface area contributed by atoms with Crippen molar-refractivity contribution in [1.82, 2.24) is 14.8 Å². The second-order valence-electron chi connectivity index (χ2n) is 3.88. The first-order chi connectivity index (χ1) is 9.15. The first-order valence-corrected chi connectivity index (χ1v) is 7.17. The fourth-order valence-electron chi connectivity index (χ4n) is 1.67. The first-order valence-electron chi connectivity index (χ1n) is 5.41. The Kier molecular flexibility index (Phi) is 2.92. The van der Waals surface area contributed by atoms with Crippen LogP contribution in [0.25, 0.3) is 21.3 Å². The minimum absolute atomic E-state index is 0.301. The van der Waals surface area contributed by atoms with Crippen molar-refractivity contribution in [3.05, 3.63) is 34.7 Å². The standard InChI is InChI=1S/C12H9N3O2S2/c1-15-9(2-3-13-15)11-14-8(6-19-11)10-4-7(5-18-10)12(16)17/h2-6H,1H3,(H,16,17). The van der Waals surface area contributed by atoms with Gasteiger partial charge in [0.05, 0.1) is 21.8 Å². The van der Waals surface area contributed by atoms with Crippen LogP contribution in [0.1, 0.15) is 10.4 Å². The normalized spacial score (nSPS) is 10.8. The molecule has 3 rings (SSSR count). The van der Waals surface area contributed by atoms with Gasteiger partial charge in [-0.05, 0) is 12.1 Å². The zero-order chi connectivity index (χ0) is 13.4. The van der Waals surface area contributed by atoms with E-state index in [2.05, 4.69) is 10.1 Å². The van der Waals surface area contributed by atoms with Gasteiger partial charge in [-0.3, -0.25) is 4.68 Å². The number of thiophene rings is 1. The summed E-state index contributed by atoms with van der Waals surface area (Å²) in [6.45, 7) is 0. The summed E-state index contributed by atoms with van der Waals surface area (Å²) in [7, 11) is 1.87. The van der Waals surface area contributed by atoms with Gasteiger partial charge < -0.3 is 5.11 Å². The molecular formula is C12H9N3O2S2. The third kappa shape index (κ3) is 2.18. The monoisotopic (exact) mass is 291 g/mol. The van der Waals surface area contributed by atoms with Crippen molar-refractivity contribution in [3.8, 4) is 21.3 Å². The van der Waals surface area contributed by atoms with Gasteiger partial charge in [-0.25, -0.2) is 9.78 Å². The van der Waals surface area contributed by atoms with Crippen molar-refractivity contribution in [2.75, 3.05) is 0 Å². The Morgan fingerprint density at radius 2 is 2.21 bits per heavy atom. The lowest BCUT2D eigenvalue weighted by molar-refractivity contribution is 0.0697. The topological polar surface area (TPSA) is 68.0 Å². The molecule has 3 heterocycles. The molecule has 1 N–H and O–H groups in total. The highest BCUT2D eigenvalue weighted by atomic mass is 32.1. The minimum Gasteiger partial charge on any atom is -0.478 e. The number of carbonyl (C=O) groups is 1. The molecule has 0 saturated carbocycles. The van der Waals surface area contributed by atoms with Crippen LogP contribution in [0.15, 0.2) is 29.1 Å². The molecule has 19 heavy (non-hydrogen) atoms. The van der Waals surface area contributed by atoms with Crippen molar-refractivity contribution < 1.29 is 9.90 Å². The van der Waals surface area contributed by atoms with Gasteiger partial charge in [-0.1, -0.05) is 0 Å². The Labute approximate surface area is 116 Å². The van der Waals surface area contributed by atoms with Crippen molar-refractivity contribution in [1.29, 1.82) is 0 Å². The van der Waals surface area contributed by atoms with Crippen LogP contribution in [0.5, 0.6) is 0 Å². The average Bonchev–Trinajstić information content (AvgIpc) is 3.07. The number of nitrogens with zero attached hydrogens (tertiary/aromatic N) is 3. The number of hydrogen-bond donors (Lipinski definition) is 1. The van der Waals surface area contributed by atoms with Gasteiger partial charge in [0.15, 0.2) is 0 Å². The summed E-state index contributed by atoms with van der Waals surface area (Å²) in [5.41, 5.74) is 2.06. The lowest BCUT2D eigenvalue weighted by Gasteiger charge is -1.95. The molecule has 0 amide bonds. The third-order valence-corrected chi connectivity index (χ3v) is 4.46. The summed E-state index contributed by atoms with van der Waals surface area (Å²) in [6, 6.07) is 3.55. The fourth-order valence-corrected chi connectivity index (χ4v) is 3.46. The van der Waals surface area contributed by atoms with Gasteiger partial charge in [0.1, 0.15) is 5.01 Å². The molecule has 0 bridgehead atoms. The largest absolute Gasteiger partial charge is 0.478 e. The quantitative estimate of drug-likeness (QED) is 0.805. The van der Waals surface area contributed by atoms with Crippen molar-refractivity contribution in [3.63, 3.8) is 0 Å². The number of hydrogen-bond acceptors (Lipinski definition) is 5. The maximum Gasteiger partial charge on any atom is 0.336 e. The zero-order valence-electron chi connectivity index (χ0n) is 9.90. The molecule has 0 aliphatic rings.